The minimum atomic E-state index is 1.00. The van der Waals surface area contributed by atoms with E-state index in [2.05, 4.69) is 11.6 Å². The normalized spacial score (nSPS) is 3.00. The Morgan fingerprint density at radius 2 is 1.25 bits per heavy atom. The highest BCUT2D eigenvalue weighted by Crippen LogP contribution is 1.34. The Morgan fingerprint density at radius 1 is 1.25 bits per heavy atom. The lowest BCUT2D eigenvalue weighted by atomic mass is 11.8. The maximum atomic E-state index is 7.00. The molecule has 0 unspecified atom stereocenters. The van der Waals surface area contributed by atoms with Crippen molar-refractivity contribution in [2.24, 2.45) is 0 Å². The first-order valence-electron chi connectivity index (χ1n) is 0.825. The summed E-state index contributed by atoms with van der Waals surface area (Å²) < 4.78 is 0. The fourth-order valence-electron chi connectivity index (χ4n) is 0. The first-order valence-corrected chi connectivity index (χ1v) is 1.58. The van der Waals surface area contributed by atoms with Crippen molar-refractivity contribution in [2.45, 2.75) is 0 Å². The Balaban J connectivity index is 0. The van der Waals surface area contributed by atoms with E-state index in [1.165, 1.54) is 6.38 Å². The van der Waals surface area contributed by atoms with Gasteiger partial charge in [-0.3, -0.25) is 0 Å². The van der Waals surface area contributed by atoms with Crippen LogP contribution in [0.5, 0.6) is 0 Å². The van der Waals surface area contributed by atoms with Crippen molar-refractivity contribution >= 4 is 11.6 Å². The molecule has 0 saturated heterocycles. The molecule has 4 heavy (non-hydrogen) atoms. The van der Waals surface area contributed by atoms with Gasteiger partial charge in [-0.1, -0.05) is 0 Å². The quantitative estimate of drug-likeness (QED) is 0.421. The number of alkyl halides is 1. The van der Waals surface area contributed by atoms with Crippen LogP contribution >= 0.6 is 11.6 Å². The van der Waals surface area contributed by atoms with Gasteiger partial charge in [-0.2, -0.15) is 0 Å². The predicted octanol–water partition coefficient (Wildman–Crippen LogP) is 0.463. The topological polar surface area (TPSA) is 20.2 Å². The van der Waals surface area contributed by atoms with Crippen molar-refractivity contribution in [3.8, 4) is 0 Å². The Bertz CT molecular complexity index is 6.00. The maximum absolute atomic E-state index is 7.00. The number of aliphatic hydroxyl groups excluding tert-OH is 1. The summed E-state index contributed by atoms with van der Waals surface area (Å²) in [5, 5.41) is 7.00. The number of hydrogen-bond acceptors (Lipinski definition) is 1. The van der Waals surface area contributed by atoms with Gasteiger partial charge in [0.15, 0.2) is 0 Å². The smallest absolute Gasteiger partial charge is 0.0319 e. The molecule has 0 aromatic heterocycles. The predicted molar refractivity (Wildman–Crippen MR) is 19.9 cm³/mol. The minimum absolute atomic E-state index is 1.00. The number of halogens is 1. The van der Waals surface area contributed by atoms with E-state index in [9.17, 15) is 0 Å². The average molecular weight is 82.5 g/mol. The molecule has 1 N–H and O–H groups in total. The van der Waals surface area contributed by atoms with Gasteiger partial charge in [0.25, 0.3) is 0 Å². The third-order valence-electron chi connectivity index (χ3n) is 0. The molecular formula is C2H7ClO. The van der Waals surface area contributed by atoms with Crippen LogP contribution in [-0.2, 0) is 0 Å². The highest BCUT2D eigenvalue weighted by molar-refractivity contribution is 6.15. The van der Waals surface area contributed by atoms with E-state index in [0.717, 1.165) is 7.11 Å². The van der Waals surface area contributed by atoms with Gasteiger partial charge in [-0.15, -0.1) is 11.6 Å². The van der Waals surface area contributed by atoms with Gasteiger partial charge in [0, 0.05) is 13.5 Å². The van der Waals surface area contributed by atoms with E-state index in [1.54, 1.807) is 0 Å². The molecule has 1 nitrogen and oxygen atoms in total. The van der Waals surface area contributed by atoms with Crippen molar-refractivity contribution in [3.63, 3.8) is 0 Å². The molecule has 0 saturated carbocycles. The van der Waals surface area contributed by atoms with Crippen LogP contribution in [0.15, 0.2) is 0 Å². The van der Waals surface area contributed by atoms with Gasteiger partial charge in [0.2, 0.25) is 0 Å². The van der Waals surface area contributed by atoms with Crippen LogP contribution < -0.4 is 0 Å². The Morgan fingerprint density at radius 3 is 1.25 bits per heavy atom. The molecule has 28 valence electrons. The van der Waals surface area contributed by atoms with Gasteiger partial charge >= 0.3 is 0 Å². The standard InChI is InChI=1S/CH3Cl.CH4O/c2*1-2/h1H3;2H,1H3. The van der Waals surface area contributed by atoms with E-state index in [0.29, 0.717) is 0 Å². The largest absolute Gasteiger partial charge is 0.400 e. The molecule has 0 aromatic carbocycles. The van der Waals surface area contributed by atoms with Gasteiger partial charge in [-0.05, 0) is 0 Å². The molecule has 0 spiro atoms. The SMILES string of the molecule is CCl.CO. The molecule has 0 atom stereocenters. The second-order valence-corrected chi connectivity index (χ2v) is 0. The number of aliphatic hydroxyl groups is 1. The Kier molecular flexibility index (Phi) is 584. The van der Waals surface area contributed by atoms with Crippen molar-refractivity contribution in [1.29, 1.82) is 0 Å². The van der Waals surface area contributed by atoms with Gasteiger partial charge < -0.3 is 5.11 Å². The van der Waals surface area contributed by atoms with Crippen LogP contribution in [0.25, 0.3) is 0 Å². The summed E-state index contributed by atoms with van der Waals surface area (Å²) in [6.07, 6.45) is 1.47. The lowest BCUT2D eigenvalue weighted by molar-refractivity contribution is 0.399. The zero-order valence-electron chi connectivity index (χ0n) is 2.83. The number of rotatable bonds is 0. The van der Waals surface area contributed by atoms with Crippen molar-refractivity contribution in [2.75, 3.05) is 13.5 Å². The first-order chi connectivity index (χ1) is 2.00. The molecule has 0 bridgehead atoms. The molecular weight excluding hydrogens is 75.5 g/mol. The van der Waals surface area contributed by atoms with Crippen molar-refractivity contribution < 1.29 is 5.11 Å². The van der Waals surface area contributed by atoms with Crippen molar-refractivity contribution in [1.82, 2.24) is 0 Å². The fourth-order valence-corrected chi connectivity index (χ4v) is 0. The summed E-state index contributed by atoms with van der Waals surface area (Å²) in [6, 6.07) is 0. The molecule has 0 aliphatic rings. The zero-order valence-corrected chi connectivity index (χ0v) is 3.58. The molecule has 0 rings (SSSR count). The summed E-state index contributed by atoms with van der Waals surface area (Å²) >= 11 is 4.64. The van der Waals surface area contributed by atoms with Crippen LogP contribution in [0.3, 0.4) is 0 Å². The summed E-state index contributed by atoms with van der Waals surface area (Å²) in [4.78, 5) is 0. The molecule has 0 aromatic rings. The summed E-state index contributed by atoms with van der Waals surface area (Å²) in [7, 11) is 1.00. The maximum Gasteiger partial charge on any atom is 0.0319 e. The lowest BCUT2D eigenvalue weighted by Crippen LogP contribution is -1.25. The molecule has 2 heteroatoms. The third-order valence-corrected chi connectivity index (χ3v) is 0. The van der Waals surface area contributed by atoms with Crippen LogP contribution in [0.2, 0.25) is 0 Å². The lowest BCUT2D eigenvalue weighted by Gasteiger charge is -1.21. The summed E-state index contributed by atoms with van der Waals surface area (Å²) in [6.45, 7) is 0. The summed E-state index contributed by atoms with van der Waals surface area (Å²) in [5.74, 6) is 0. The van der Waals surface area contributed by atoms with Crippen LogP contribution in [0.1, 0.15) is 0 Å². The second kappa shape index (κ2) is 263. The van der Waals surface area contributed by atoms with E-state index in [-0.39, 0.29) is 0 Å². The highest BCUT2D eigenvalue weighted by Gasteiger charge is 0.943. The zero-order chi connectivity index (χ0) is 4.00. The van der Waals surface area contributed by atoms with Crippen LogP contribution in [0.4, 0.5) is 0 Å². The number of hydrogen-bond donors (Lipinski definition) is 1. The highest BCUT2D eigenvalue weighted by atomic mass is 35.5. The van der Waals surface area contributed by atoms with Gasteiger partial charge in [0.1, 0.15) is 0 Å². The molecule has 0 aliphatic carbocycles. The van der Waals surface area contributed by atoms with Crippen LogP contribution in [0, 0.1) is 0 Å². The van der Waals surface area contributed by atoms with E-state index in [1.807, 2.05) is 0 Å². The molecule has 0 fully saturated rings. The van der Waals surface area contributed by atoms with Gasteiger partial charge in [0.05, 0.1) is 0 Å². The summed E-state index contributed by atoms with van der Waals surface area (Å²) in [5.41, 5.74) is 0. The van der Waals surface area contributed by atoms with Crippen LogP contribution in [-0.4, -0.2) is 18.6 Å². The van der Waals surface area contributed by atoms with E-state index in [4.69, 9.17) is 5.11 Å². The van der Waals surface area contributed by atoms with Crippen molar-refractivity contribution in [3.05, 3.63) is 0 Å². The first kappa shape index (κ1) is 8.87. The monoisotopic (exact) mass is 82.0 g/mol. The van der Waals surface area contributed by atoms with E-state index >= 15 is 0 Å². The Hall–Kier alpha value is 0.250. The third kappa shape index (κ3) is 56.3. The molecule has 0 heterocycles. The van der Waals surface area contributed by atoms with Gasteiger partial charge in [-0.25, -0.2) is 0 Å². The Labute approximate surface area is 31.2 Å². The average Bonchev–Trinajstić information content (AvgIpc) is 1.50. The molecule has 0 aliphatic heterocycles. The van der Waals surface area contributed by atoms with E-state index < -0.39 is 0 Å². The minimum Gasteiger partial charge on any atom is -0.400 e. The second-order valence-electron chi connectivity index (χ2n) is 0. The fraction of sp³-hybridized carbons (Fsp3) is 1.00. The molecule has 0 radical (unpaired) electrons. The molecule has 0 amide bonds.